The highest BCUT2D eigenvalue weighted by Crippen LogP contribution is 2.31. The molecule has 0 heterocycles. The number of alkyl halides is 1. The summed E-state index contributed by atoms with van der Waals surface area (Å²) in [4.78, 5) is 0. The molecule has 0 atom stereocenters. The highest BCUT2D eigenvalue weighted by atomic mass is 79.9. The van der Waals surface area contributed by atoms with Gasteiger partial charge in [0.25, 0.3) is 0 Å². The molecule has 0 aliphatic rings. The van der Waals surface area contributed by atoms with Crippen LogP contribution in [0.4, 0.5) is 0 Å². The van der Waals surface area contributed by atoms with E-state index >= 15 is 0 Å². The minimum atomic E-state index is 0.559. The topological polar surface area (TPSA) is 0 Å². The van der Waals surface area contributed by atoms with Crippen LogP contribution in [-0.2, 0) is 5.33 Å². The maximum atomic E-state index is 3.60. The van der Waals surface area contributed by atoms with E-state index in [9.17, 15) is 0 Å². The summed E-state index contributed by atoms with van der Waals surface area (Å²) in [5.74, 6) is 1.12. The van der Waals surface area contributed by atoms with E-state index in [0.717, 1.165) is 5.33 Å². The van der Waals surface area contributed by atoms with Crippen molar-refractivity contribution in [2.75, 3.05) is 0 Å². The molecule has 0 radical (unpaired) electrons. The Kier molecular flexibility index (Phi) is 5.04. The third-order valence-corrected chi connectivity index (χ3v) is 4.39. The molecule has 2 rings (SSSR count). The lowest BCUT2D eigenvalue weighted by Gasteiger charge is -2.16. The molecule has 2 aromatic rings. The van der Waals surface area contributed by atoms with Gasteiger partial charge in [-0.1, -0.05) is 86.1 Å². The highest BCUT2D eigenvalue weighted by Gasteiger charge is 2.10. The molecular formula is C19H23Br. The van der Waals surface area contributed by atoms with Gasteiger partial charge in [0.2, 0.25) is 0 Å². The smallest absolute Gasteiger partial charge is 0.0289 e. The van der Waals surface area contributed by atoms with E-state index in [-0.39, 0.29) is 0 Å². The van der Waals surface area contributed by atoms with Crippen LogP contribution < -0.4 is 0 Å². The van der Waals surface area contributed by atoms with Gasteiger partial charge in [-0.3, -0.25) is 0 Å². The first kappa shape index (κ1) is 15.3. The Balaban J connectivity index is 2.61. The SMILES string of the molecule is CC(C)c1cc(-c2ccccc2CBr)cc(C(C)C)c1. The van der Waals surface area contributed by atoms with Crippen LogP contribution in [0.15, 0.2) is 42.5 Å². The standard InChI is InChI=1S/C19H23Br/c1-13(2)16-9-17(14(3)4)11-18(10-16)19-8-6-5-7-15(19)12-20/h5-11,13-14H,12H2,1-4H3. The number of halogens is 1. The van der Waals surface area contributed by atoms with Crippen LogP contribution in [0.25, 0.3) is 11.1 Å². The molecule has 0 fully saturated rings. The predicted molar refractivity (Wildman–Crippen MR) is 92.7 cm³/mol. The summed E-state index contributed by atoms with van der Waals surface area (Å²) in [6, 6.07) is 15.7. The predicted octanol–water partition coefficient (Wildman–Crippen LogP) is 6.50. The molecule has 0 amide bonds. The molecule has 2 aromatic carbocycles. The normalized spacial score (nSPS) is 11.3. The van der Waals surface area contributed by atoms with Gasteiger partial charge in [-0.05, 0) is 39.7 Å². The van der Waals surface area contributed by atoms with Crippen LogP contribution in [0.3, 0.4) is 0 Å². The molecule has 106 valence electrons. The first-order chi connectivity index (χ1) is 9.52. The molecule has 0 bridgehead atoms. The minimum absolute atomic E-state index is 0.559. The molecule has 1 heteroatoms. The summed E-state index contributed by atoms with van der Waals surface area (Å²) in [6.45, 7) is 9.05. The molecule has 0 saturated carbocycles. The third kappa shape index (κ3) is 3.32. The third-order valence-electron chi connectivity index (χ3n) is 3.78. The largest absolute Gasteiger partial charge is 0.0876 e. The van der Waals surface area contributed by atoms with Crippen molar-refractivity contribution in [3.05, 3.63) is 59.2 Å². The summed E-state index contributed by atoms with van der Waals surface area (Å²) in [6.07, 6.45) is 0. The van der Waals surface area contributed by atoms with Gasteiger partial charge in [0.15, 0.2) is 0 Å². The molecule has 0 unspecified atom stereocenters. The molecule has 0 saturated heterocycles. The van der Waals surface area contributed by atoms with Crippen LogP contribution in [0.2, 0.25) is 0 Å². The van der Waals surface area contributed by atoms with Gasteiger partial charge in [0.05, 0.1) is 0 Å². The fourth-order valence-corrected chi connectivity index (χ4v) is 2.91. The lowest BCUT2D eigenvalue weighted by Crippen LogP contribution is -1.96. The zero-order valence-corrected chi connectivity index (χ0v) is 14.4. The van der Waals surface area contributed by atoms with E-state index in [1.165, 1.54) is 27.8 Å². The molecule has 0 aliphatic heterocycles. The van der Waals surface area contributed by atoms with Gasteiger partial charge < -0.3 is 0 Å². The number of rotatable bonds is 4. The van der Waals surface area contributed by atoms with Crippen LogP contribution in [0.1, 0.15) is 56.2 Å². The van der Waals surface area contributed by atoms with E-state index in [1.807, 2.05) is 0 Å². The van der Waals surface area contributed by atoms with Crippen LogP contribution in [0.5, 0.6) is 0 Å². The molecule has 0 N–H and O–H groups in total. The second-order valence-electron chi connectivity index (χ2n) is 5.99. The summed E-state index contributed by atoms with van der Waals surface area (Å²) >= 11 is 3.60. The lowest BCUT2D eigenvalue weighted by molar-refractivity contribution is 0.834. The Morgan fingerprint density at radius 1 is 0.850 bits per heavy atom. The fourth-order valence-electron chi connectivity index (χ4n) is 2.42. The Hall–Kier alpha value is -1.08. The maximum absolute atomic E-state index is 3.60. The Labute approximate surface area is 131 Å². The van der Waals surface area contributed by atoms with Crippen molar-refractivity contribution in [2.24, 2.45) is 0 Å². The van der Waals surface area contributed by atoms with Crippen molar-refractivity contribution in [2.45, 2.75) is 44.9 Å². The summed E-state index contributed by atoms with van der Waals surface area (Å²) < 4.78 is 0. The van der Waals surface area contributed by atoms with Gasteiger partial charge in [0.1, 0.15) is 0 Å². The monoisotopic (exact) mass is 330 g/mol. The summed E-state index contributed by atoms with van der Waals surface area (Å²) in [7, 11) is 0. The van der Waals surface area contributed by atoms with Crippen molar-refractivity contribution in [1.29, 1.82) is 0 Å². The zero-order valence-electron chi connectivity index (χ0n) is 12.8. The summed E-state index contributed by atoms with van der Waals surface area (Å²) in [5, 5.41) is 0.895. The molecule has 0 spiro atoms. The average Bonchev–Trinajstić information content (AvgIpc) is 2.46. The minimum Gasteiger partial charge on any atom is -0.0876 e. The van der Waals surface area contributed by atoms with Gasteiger partial charge >= 0.3 is 0 Å². The molecule has 0 aliphatic carbocycles. The second kappa shape index (κ2) is 6.58. The van der Waals surface area contributed by atoms with Crippen molar-refractivity contribution >= 4 is 15.9 Å². The Bertz CT molecular complexity index is 556. The maximum Gasteiger partial charge on any atom is 0.0289 e. The number of hydrogen-bond acceptors (Lipinski definition) is 0. The van der Waals surface area contributed by atoms with Gasteiger partial charge in [0, 0.05) is 5.33 Å². The highest BCUT2D eigenvalue weighted by molar-refractivity contribution is 9.08. The first-order valence-corrected chi connectivity index (χ1v) is 8.44. The fraction of sp³-hybridized carbons (Fsp3) is 0.368. The van der Waals surface area contributed by atoms with E-state index in [1.54, 1.807) is 0 Å². The van der Waals surface area contributed by atoms with Crippen molar-refractivity contribution < 1.29 is 0 Å². The zero-order chi connectivity index (χ0) is 14.7. The quantitative estimate of drug-likeness (QED) is 0.561. The van der Waals surface area contributed by atoms with Gasteiger partial charge in [-0.15, -0.1) is 0 Å². The number of hydrogen-bond donors (Lipinski definition) is 0. The molecule has 20 heavy (non-hydrogen) atoms. The van der Waals surface area contributed by atoms with E-state index < -0.39 is 0 Å². The molecule has 0 aromatic heterocycles. The first-order valence-electron chi connectivity index (χ1n) is 7.32. The average molecular weight is 331 g/mol. The van der Waals surface area contributed by atoms with E-state index in [0.29, 0.717) is 11.8 Å². The van der Waals surface area contributed by atoms with Gasteiger partial charge in [-0.25, -0.2) is 0 Å². The van der Waals surface area contributed by atoms with Crippen molar-refractivity contribution in [1.82, 2.24) is 0 Å². The molecular weight excluding hydrogens is 308 g/mol. The van der Waals surface area contributed by atoms with Crippen LogP contribution in [-0.4, -0.2) is 0 Å². The Morgan fingerprint density at radius 2 is 1.40 bits per heavy atom. The van der Waals surface area contributed by atoms with Crippen molar-refractivity contribution in [3.63, 3.8) is 0 Å². The summed E-state index contributed by atoms with van der Waals surface area (Å²) in [5.41, 5.74) is 6.89. The Morgan fingerprint density at radius 3 is 1.90 bits per heavy atom. The van der Waals surface area contributed by atoms with Gasteiger partial charge in [-0.2, -0.15) is 0 Å². The lowest BCUT2D eigenvalue weighted by atomic mass is 9.90. The van der Waals surface area contributed by atoms with E-state index in [2.05, 4.69) is 86.1 Å². The van der Waals surface area contributed by atoms with Crippen LogP contribution in [0, 0.1) is 0 Å². The number of benzene rings is 2. The van der Waals surface area contributed by atoms with Crippen molar-refractivity contribution in [3.8, 4) is 11.1 Å². The van der Waals surface area contributed by atoms with Crippen LogP contribution >= 0.6 is 15.9 Å². The van der Waals surface area contributed by atoms with E-state index in [4.69, 9.17) is 0 Å². The molecule has 0 nitrogen and oxygen atoms in total. The second-order valence-corrected chi connectivity index (χ2v) is 6.55.